The van der Waals surface area contributed by atoms with E-state index in [2.05, 4.69) is 19.9 Å². The summed E-state index contributed by atoms with van der Waals surface area (Å²) in [6, 6.07) is 5.08. The van der Waals surface area contributed by atoms with E-state index >= 15 is 0 Å². The van der Waals surface area contributed by atoms with Gasteiger partial charge < -0.3 is 14.2 Å². The Morgan fingerprint density at radius 1 is 1.24 bits per heavy atom. The molecule has 0 saturated carbocycles. The molecule has 1 aromatic carbocycles. The normalized spacial score (nSPS) is 13.0. The van der Waals surface area contributed by atoms with Crippen LogP contribution < -0.4 is 14.2 Å². The van der Waals surface area contributed by atoms with Gasteiger partial charge in [-0.2, -0.15) is 0 Å². The second-order valence-electron chi connectivity index (χ2n) is 5.25. The summed E-state index contributed by atoms with van der Waals surface area (Å²) in [5, 5.41) is 0. The van der Waals surface area contributed by atoms with Crippen molar-refractivity contribution in [1.29, 1.82) is 0 Å². The average molecular weight is 288 g/mol. The van der Waals surface area contributed by atoms with Crippen LogP contribution in [-0.2, 0) is 4.79 Å². The zero-order chi connectivity index (χ0) is 15.2. The number of esters is 1. The Kier molecular flexibility index (Phi) is 5.04. The van der Waals surface area contributed by atoms with Gasteiger partial charge >= 0.3 is 5.97 Å². The van der Waals surface area contributed by atoms with Crippen molar-refractivity contribution in [3.63, 3.8) is 0 Å². The highest BCUT2D eigenvalue weighted by Gasteiger charge is 2.14. The van der Waals surface area contributed by atoms with Crippen LogP contribution in [0.25, 0.3) is 0 Å². The molecule has 0 saturated heterocycles. The summed E-state index contributed by atoms with van der Waals surface area (Å²) in [6.07, 6.45) is 5.47. The van der Waals surface area contributed by atoms with Crippen molar-refractivity contribution in [1.82, 2.24) is 0 Å². The van der Waals surface area contributed by atoms with Crippen molar-refractivity contribution in [3.05, 3.63) is 41.5 Å². The number of allylic oxidation sites excluding steroid dienone is 3. The van der Waals surface area contributed by atoms with Gasteiger partial charge in [0.15, 0.2) is 11.5 Å². The molecule has 0 atom stereocenters. The molecular weight excluding hydrogens is 268 g/mol. The zero-order valence-electron chi connectivity index (χ0n) is 12.6. The quantitative estimate of drug-likeness (QED) is 0.355. The van der Waals surface area contributed by atoms with Gasteiger partial charge in [-0.05, 0) is 45.7 Å². The molecule has 0 fully saturated rings. The van der Waals surface area contributed by atoms with Crippen molar-refractivity contribution >= 4 is 5.97 Å². The number of hydrogen-bond acceptors (Lipinski definition) is 4. The Morgan fingerprint density at radius 2 is 2.00 bits per heavy atom. The van der Waals surface area contributed by atoms with Crippen LogP contribution in [0, 0.1) is 0 Å². The molecule has 0 unspecified atom stereocenters. The van der Waals surface area contributed by atoms with Gasteiger partial charge in [0, 0.05) is 12.1 Å². The molecule has 0 spiro atoms. The van der Waals surface area contributed by atoms with Crippen molar-refractivity contribution < 1.29 is 19.0 Å². The first kappa shape index (κ1) is 15.2. The fourth-order valence-electron chi connectivity index (χ4n) is 1.95. The third-order valence-corrected chi connectivity index (χ3v) is 3.02. The fourth-order valence-corrected chi connectivity index (χ4v) is 1.95. The Bertz CT molecular complexity index is 580. The molecule has 0 amide bonds. The third-order valence-electron chi connectivity index (χ3n) is 3.02. The van der Waals surface area contributed by atoms with Crippen LogP contribution in [0.4, 0.5) is 0 Å². The van der Waals surface area contributed by atoms with Crippen molar-refractivity contribution in [3.8, 4) is 17.2 Å². The Balaban J connectivity index is 1.90. The first-order valence-corrected chi connectivity index (χ1v) is 6.96. The highest BCUT2D eigenvalue weighted by atomic mass is 16.7. The average Bonchev–Trinajstić information content (AvgIpc) is 2.85. The highest BCUT2D eigenvalue weighted by Crippen LogP contribution is 2.35. The maximum absolute atomic E-state index is 11.8. The molecule has 1 heterocycles. The van der Waals surface area contributed by atoms with Crippen molar-refractivity contribution in [2.45, 2.75) is 33.6 Å². The molecule has 112 valence electrons. The van der Waals surface area contributed by atoms with E-state index in [1.807, 2.05) is 6.92 Å². The van der Waals surface area contributed by atoms with Crippen LogP contribution >= 0.6 is 0 Å². The van der Waals surface area contributed by atoms with Gasteiger partial charge in [-0.25, -0.2) is 4.79 Å². The van der Waals surface area contributed by atoms with E-state index < -0.39 is 0 Å². The molecule has 0 bridgehead atoms. The first-order valence-electron chi connectivity index (χ1n) is 6.96. The number of benzene rings is 1. The van der Waals surface area contributed by atoms with Gasteiger partial charge in [0.2, 0.25) is 6.79 Å². The monoisotopic (exact) mass is 288 g/mol. The molecule has 1 aromatic rings. The molecule has 0 aliphatic carbocycles. The fraction of sp³-hybridized carbons (Fsp3) is 0.353. The second-order valence-corrected chi connectivity index (χ2v) is 5.25. The Morgan fingerprint density at radius 3 is 2.76 bits per heavy atom. The molecule has 0 aromatic heterocycles. The number of hydrogen-bond donors (Lipinski definition) is 0. The van der Waals surface area contributed by atoms with Gasteiger partial charge in [0.1, 0.15) is 5.75 Å². The smallest absolute Gasteiger partial charge is 0.336 e. The molecule has 0 N–H and O–H groups in total. The molecule has 21 heavy (non-hydrogen) atoms. The van der Waals surface area contributed by atoms with Crippen LogP contribution in [0.3, 0.4) is 0 Å². The Labute approximate surface area is 125 Å². The SMILES string of the molecule is CC(C)=CCC/C(C)=C/C(=O)Oc1ccc2c(c1)OCO2. The zero-order valence-corrected chi connectivity index (χ0v) is 12.6. The van der Waals surface area contributed by atoms with Gasteiger partial charge in [0.25, 0.3) is 0 Å². The lowest BCUT2D eigenvalue weighted by Gasteiger charge is -2.04. The van der Waals surface area contributed by atoms with Crippen LogP contribution in [0.15, 0.2) is 41.5 Å². The minimum absolute atomic E-state index is 0.204. The minimum Gasteiger partial charge on any atom is -0.454 e. The molecule has 2 rings (SSSR count). The lowest BCUT2D eigenvalue weighted by atomic mass is 10.1. The number of fused-ring (bicyclic) bond motifs is 1. The maximum atomic E-state index is 11.8. The van der Waals surface area contributed by atoms with Gasteiger partial charge in [-0.15, -0.1) is 0 Å². The molecular formula is C17H20O4. The summed E-state index contributed by atoms with van der Waals surface area (Å²) < 4.78 is 15.7. The number of rotatable bonds is 5. The highest BCUT2D eigenvalue weighted by molar-refractivity contribution is 5.84. The topological polar surface area (TPSA) is 44.8 Å². The predicted molar refractivity (Wildman–Crippen MR) is 80.6 cm³/mol. The van der Waals surface area contributed by atoms with Crippen molar-refractivity contribution in [2.24, 2.45) is 0 Å². The lowest BCUT2D eigenvalue weighted by Crippen LogP contribution is -2.04. The van der Waals surface area contributed by atoms with E-state index in [1.165, 1.54) is 11.6 Å². The molecule has 1 aliphatic heterocycles. The first-order chi connectivity index (χ1) is 10.0. The van der Waals surface area contributed by atoms with Crippen LogP contribution in [0.1, 0.15) is 33.6 Å². The molecule has 4 heteroatoms. The van der Waals surface area contributed by atoms with Crippen LogP contribution in [0.5, 0.6) is 17.2 Å². The second kappa shape index (κ2) is 6.97. The standard InChI is InChI=1S/C17H20O4/c1-12(2)5-4-6-13(3)9-17(18)21-14-7-8-15-16(10-14)20-11-19-15/h5,7-10H,4,6,11H2,1-3H3/b13-9+. The summed E-state index contributed by atoms with van der Waals surface area (Å²) in [5.41, 5.74) is 2.28. The summed E-state index contributed by atoms with van der Waals surface area (Å²) in [5.74, 6) is 1.36. The third kappa shape index (κ3) is 4.67. The number of carbonyl (C=O) groups is 1. The van der Waals surface area contributed by atoms with Gasteiger partial charge in [-0.1, -0.05) is 17.2 Å². The number of carbonyl (C=O) groups excluding carboxylic acids is 1. The van der Waals surface area contributed by atoms with E-state index in [9.17, 15) is 4.79 Å². The maximum Gasteiger partial charge on any atom is 0.336 e. The predicted octanol–water partition coefficient (Wildman–Crippen LogP) is 4.01. The van der Waals surface area contributed by atoms with Gasteiger partial charge in [-0.3, -0.25) is 0 Å². The summed E-state index contributed by atoms with van der Waals surface area (Å²) >= 11 is 0. The van der Waals surface area contributed by atoms with Crippen LogP contribution in [0.2, 0.25) is 0 Å². The summed E-state index contributed by atoms with van der Waals surface area (Å²) in [4.78, 5) is 11.8. The van der Waals surface area contributed by atoms with E-state index in [1.54, 1.807) is 18.2 Å². The van der Waals surface area contributed by atoms with E-state index in [0.717, 1.165) is 18.4 Å². The van der Waals surface area contributed by atoms with E-state index in [0.29, 0.717) is 17.2 Å². The van der Waals surface area contributed by atoms with E-state index in [4.69, 9.17) is 14.2 Å². The molecule has 4 nitrogen and oxygen atoms in total. The number of ether oxygens (including phenoxy) is 3. The summed E-state index contributed by atoms with van der Waals surface area (Å²) in [6.45, 7) is 6.26. The summed E-state index contributed by atoms with van der Waals surface area (Å²) in [7, 11) is 0. The lowest BCUT2D eigenvalue weighted by molar-refractivity contribution is -0.129. The minimum atomic E-state index is -0.372. The van der Waals surface area contributed by atoms with Crippen LogP contribution in [-0.4, -0.2) is 12.8 Å². The van der Waals surface area contributed by atoms with Crippen molar-refractivity contribution in [2.75, 3.05) is 6.79 Å². The largest absolute Gasteiger partial charge is 0.454 e. The van der Waals surface area contributed by atoms with E-state index in [-0.39, 0.29) is 12.8 Å². The Hall–Kier alpha value is -2.23. The van der Waals surface area contributed by atoms with Gasteiger partial charge in [0.05, 0.1) is 0 Å². The molecule has 0 radical (unpaired) electrons. The molecule has 1 aliphatic rings.